The number of carbonyl (C=O) groups is 1. The Bertz CT molecular complexity index is 153. The summed E-state index contributed by atoms with van der Waals surface area (Å²) in [6.45, 7) is 3.61. The van der Waals surface area contributed by atoms with Gasteiger partial charge in [-0.2, -0.15) is 4.39 Å². The molecule has 15 heavy (non-hydrogen) atoms. The third-order valence-electron chi connectivity index (χ3n) is 1.02. The molecule has 0 saturated heterocycles. The van der Waals surface area contributed by atoms with Crippen LogP contribution in [-0.4, -0.2) is 36.8 Å². The van der Waals surface area contributed by atoms with Crippen molar-refractivity contribution in [3.05, 3.63) is 0 Å². The lowest BCUT2D eigenvalue weighted by Gasteiger charge is -2.08. The molecule has 0 rings (SSSR count). The molecule has 0 aromatic carbocycles. The Hall–Kier alpha value is -0.530. The molecule has 0 aromatic rings. The number of hydrogen-bond donors (Lipinski definition) is 1. The number of rotatable bonds is 5. The minimum atomic E-state index is -3.83. The molecule has 0 aliphatic carbocycles. The van der Waals surface area contributed by atoms with Crippen molar-refractivity contribution in [3.63, 3.8) is 0 Å². The minimum absolute atomic E-state index is 0. The molecule has 1 N–H and O–H groups in total. The average molecular weight is 255 g/mol. The van der Waals surface area contributed by atoms with Crippen molar-refractivity contribution in [1.29, 1.82) is 0 Å². The van der Waals surface area contributed by atoms with Crippen molar-refractivity contribution >= 4 is 18.4 Å². The normalized spacial score (nSPS) is 12.9. The molecule has 0 aromatic heterocycles. The van der Waals surface area contributed by atoms with Crippen LogP contribution in [-0.2, 0) is 14.5 Å². The van der Waals surface area contributed by atoms with Crippen LogP contribution < -0.4 is 0 Å². The minimum Gasteiger partial charge on any atom is -0.477 e. The fourth-order valence-electron chi connectivity index (χ4n) is 0.315. The van der Waals surface area contributed by atoms with E-state index in [0.717, 1.165) is 13.2 Å². The molecule has 8 heteroatoms. The van der Waals surface area contributed by atoms with Gasteiger partial charge in [0, 0.05) is 13.2 Å². The summed E-state index contributed by atoms with van der Waals surface area (Å²) in [5.41, 5.74) is 0. The van der Waals surface area contributed by atoms with Crippen LogP contribution in [0.5, 0.6) is 0 Å². The lowest BCUT2D eigenvalue weighted by molar-refractivity contribution is -0.291. The summed E-state index contributed by atoms with van der Waals surface area (Å²) >= 11 is 0. The number of hydrogen-bond acceptors (Lipinski definition) is 3. The van der Waals surface area contributed by atoms with Gasteiger partial charge in [-0.05, 0) is 18.4 Å². The second-order valence-corrected chi connectivity index (χ2v) is 2.03. The first kappa shape index (κ1) is 20.0. The highest BCUT2D eigenvalue weighted by atomic mass is 35.5. The molecule has 1 atom stereocenters. The monoisotopic (exact) mass is 254 g/mol. The Morgan fingerprint density at radius 1 is 1.40 bits per heavy atom. The standard InChI is InChI=1S/C4H10O.C3H3F3O3.ClH/c1-3-5-4-2;4-1-3(5,9-6)2(7)8;/h3-4H2,1-2H3;1H2,(H,7,8);1H. The van der Waals surface area contributed by atoms with Crippen LogP contribution in [0.15, 0.2) is 0 Å². The van der Waals surface area contributed by atoms with Crippen molar-refractivity contribution in [2.75, 3.05) is 19.9 Å². The topological polar surface area (TPSA) is 55.8 Å². The number of ether oxygens (including phenoxy) is 1. The van der Waals surface area contributed by atoms with E-state index in [0.29, 0.717) is 0 Å². The summed E-state index contributed by atoms with van der Waals surface area (Å²) in [5, 5.41) is 7.65. The van der Waals surface area contributed by atoms with E-state index in [1.807, 2.05) is 13.8 Å². The lowest BCUT2D eigenvalue weighted by Crippen LogP contribution is -2.36. The van der Waals surface area contributed by atoms with Gasteiger partial charge in [0.15, 0.2) is 6.67 Å². The molecule has 94 valence electrons. The van der Waals surface area contributed by atoms with Gasteiger partial charge in [0.1, 0.15) is 0 Å². The number of carboxylic acid groups (broad SMARTS) is 1. The van der Waals surface area contributed by atoms with E-state index in [1.54, 1.807) is 0 Å². The van der Waals surface area contributed by atoms with Crippen LogP contribution in [0.2, 0.25) is 0 Å². The molecule has 0 fully saturated rings. The van der Waals surface area contributed by atoms with Crippen molar-refractivity contribution in [3.8, 4) is 0 Å². The van der Waals surface area contributed by atoms with Crippen LogP contribution in [0.1, 0.15) is 13.8 Å². The summed E-state index contributed by atoms with van der Waals surface area (Å²) in [5.74, 6) is -6.16. The summed E-state index contributed by atoms with van der Waals surface area (Å²) in [7, 11) is 0. The Balaban J connectivity index is -0.000000208. The van der Waals surface area contributed by atoms with Crippen LogP contribution in [0.25, 0.3) is 0 Å². The highest BCUT2D eigenvalue weighted by Gasteiger charge is 2.42. The van der Waals surface area contributed by atoms with E-state index in [1.165, 1.54) is 0 Å². The van der Waals surface area contributed by atoms with Crippen LogP contribution in [0, 0.1) is 0 Å². The molecular weight excluding hydrogens is 241 g/mol. The average Bonchev–Trinajstić information content (AvgIpc) is 2.18. The van der Waals surface area contributed by atoms with Crippen LogP contribution in [0.4, 0.5) is 13.3 Å². The highest BCUT2D eigenvalue weighted by molar-refractivity contribution is 5.85. The first-order valence-electron chi connectivity index (χ1n) is 3.84. The van der Waals surface area contributed by atoms with E-state index in [-0.39, 0.29) is 12.4 Å². The Kier molecular flexibility index (Phi) is 15.4. The van der Waals surface area contributed by atoms with Gasteiger partial charge in [-0.25, -0.2) is 9.18 Å². The van der Waals surface area contributed by atoms with Crippen molar-refractivity contribution in [1.82, 2.24) is 0 Å². The van der Waals surface area contributed by atoms with Gasteiger partial charge in [0.05, 0.1) is 0 Å². The molecule has 0 radical (unpaired) electrons. The first-order chi connectivity index (χ1) is 6.48. The Morgan fingerprint density at radius 3 is 1.80 bits per heavy atom. The molecule has 0 amide bonds. The van der Waals surface area contributed by atoms with Crippen molar-refractivity contribution in [2.45, 2.75) is 19.7 Å². The first-order valence-corrected chi connectivity index (χ1v) is 3.84. The van der Waals surface area contributed by atoms with E-state index < -0.39 is 18.5 Å². The number of carboxylic acids is 1. The van der Waals surface area contributed by atoms with E-state index >= 15 is 0 Å². The van der Waals surface area contributed by atoms with Gasteiger partial charge >= 0.3 is 11.8 Å². The number of aliphatic carboxylic acids is 1. The molecule has 0 heterocycles. The van der Waals surface area contributed by atoms with Crippen molar-refractivity contribution in [2.24, 2.45) is 0 Å². The smallest absolute Gasteiger partial charge is 0.375 e. The number of halogens is 4. The van der Waals surface area contributed by atoms with Gasteiger partial charge in [0.25, 0.3) is 0 Å². The summed E-state index contributed by atoms with van der Waals surface area (Å²) in [6, 6.07) is 0. The molecule has 0 saturated carbocycles. The molecule has 0 aliphatic rings. The zero-order valence-corrected chi connectivity index (χ0v) is 9.15. The summed E-state index contributed by atoms with van der Waals surface area (Å²) in [4.78, 5) is 11.7. The maximum Gasteiger partial charge on any atom is 0.375 e. The summed E-state index contributed by atoms with van der Waals surface area (Å²) < 4.78 is 38.6. The zero-order chi connectivity index (χ0) is 11.6. The Morgan fingerprint density at radius 2 is 1.80 bits per heavy atom. The van der Waals surface area contributed by atoms with Crippen molar-refractivity contribution < 1.29 is 32.9 Å². The second-order valence-electron chi connectivity index (χ2n) is 2.03. The van der Waals surface area contributed by atoms with E-state index in [4.69, 9.17) is 9.84 Å². The van der Waals surface area contributed by atoms with Gasteiger partial charge in [-0.1, -0.05) is 0 Å². The van der Waals surface area contributed by atoms with Crippen LogP contribution >= 0.6 is 12.4 Å². The highest BCUT2D eigenvalue weighted by Crippen LogP contribution is 2.14. The molecule has 4 nitrogen and oxygen atoms in total. The zero-order valence-electron chi connectivity index (χ0n) is 8.34. The largest absolute Gasteiger partial charge is 0.477 e. The predicted octanol–water partition coefficient (Wildman–Crippen LogP) is 2.07. The number of alkyl halides is 2. The second kappa shape index (κ2) is 11.5. The van der Waals surface area contributed by atoms with Gasteiger partial charge in [-0.3, -0.25) is 0 Å². The van der Waals surface area contributed by atoms with E-state index in [2.05, 4.69) is 4.94 Å². The Labute approximate surface area is 91.7 Å². The molecule has 0 bridgehead atoms. The third kappa shape index (κ3) is 9.77. The summed E-state index contributed by atoms with van der Waals surface area (Å²) in [6.07, 6.45) is 0. The molecule has 1 unspecified atom stereocenters. The van der Waals surface area contributed by atoms with Gasteiger partial charge in [-0.15, -0.1) is 17.3 Å². The molecule has 0 spiro atoms. The van der Waals surface area contributed by atoms with Gasteiger partial charge < -0.3 is 9.84 Å². The maximum absolute atomic E-state index is 11.8. The third-order valence-corrected chi connectivity index (χ3v) is 1.02. The van der Waals surface area contributed by atoms with Crippen LogP contribution in [0.3, 0.4) is 0 Å². The fourth-order valence-corrected chi connectivity index (χ4v) is 0.315. The SMILES string of the molecule is CCOCC.Cl.O=C(O)C(F)(CF)OF. The predicted molar refractivity (Wildman–Crippen MR) is 49.1 cm³/mol. The maximum atomic E-state index is 11.8. The van der Waals surface area contributed by atoms with E-state index in [9.17, 15) is 18.1 Å². The lowest BCUT2D eigenvalue weighted by atomic mass is 10.4. The quantitative estimate of drug-likeness (QED) is 0.816. The fraction of sp³-hybridized carbons (Fsp3) is 0.857. The molecular formula is C7H14ClF3O4. The van der Waals surface area contributed by atoms with Gasteiger partial charge in [0.2, 0.25) is 0 Å². The molecule has 0 aliphatic heterocycles.